The molecule has 7 heteroatoms. The number of rotatable bonds is 8. The monoisotopic (exact) mass is 326 g/mol. The van der Waals surface area contributed by atoms with Crippen LogP contribution in [0.15, 0.2) is 0 Å². The van der Waals surface area contributed by atoms with E-state index in [-0.39, 0.29) is 39.8 Å². The van der Waals surface area contributed by atoms with Gasteiger partial charge in [-0.15, -0.1) is 0 Å². The first kappa shape index (κ1) is 24.0. The van der Waals surface area contributed by atoms with Crippen LogP contribution < -0.4 is 0 Å². The Morgan fingerprint density at radius 2 is 1.73 bits per heavy atom. The molecule has 4 atom stereocenters. The highest BCUT2D eigenvalue weighted by molar-refractivity contribution is 4.95. The Bertz CT molecular complexity index is 260. The molecule has 0 aromatic heterocycles. The lowest BCUT2D eigenvalue weighted by Gasteiger charge is -2.53. The SMILES string of the molecule is C.CC(O)O.CCC1C(C)CC1(OCCO)OCC(O)CO. The van der Waals surface area contributed by atoms with Gasteiger partial charge in [0.05, 0.1) is 26.4 Å². The normalized spacial score (nSPS) is 28.2. The van der Waals surface area contributed by atoms with Crippen LogP contribution in [0.25, 0.3) is 0 Å². The van der Waals surface area contributed by atoms with E-state index in [4.69, 9.17) is 29.9 Å². The fourth-order valence-electron chi connectivity index (χ4n) is 2.61. The number of aliphatic hydroxyl groups is 5. The van der Waals surface area contributed by atoms with Crippen LogP contribution in [0.2, 0.25) is 0 Å². The Labute approximate surface area is 133 Å². The van der Waals surface area contributed by atoms with Gasteiger partial charge in [0.15, 0.2) is 5.79 Å². The molecule has 5 N–H and O–H groups in total. The summed E-state index contributed by atoms with van der Waals surface area (Å²) in [5, 5.41) is 42.1. The number of hydrogen-bond donors (Lipinski definition) is 5. The minimum absolute atomic E-state index is 0. The number of hydrogen-bond acceptors (Lipinski definition) is 7. The molecular weight excluding hydrogens is 292 g/mol. The molecule has 1 saturated carbocycles. The van der Waals surface area contributed by atoms with E-state index in [0.29, 0.717) is 5.92 Å². The third-order valence-corrected chi connectivity index (χ3v) is 3.47. The number of ether oxygens (including phenoxy) is 2. The van der Waals surface area contributed by atoms with E-state index in [2.05, 4.69) is 13.8 Å². The summed E-state index contributed by atoms with van der Waals surface area (Å²) in [5.41, 5.74) is 0. The Hall–Kier alpha value is -0.280. The molecule has 136 valence electrons. The molecule has 0 heterocycles. The molecule has 1 aliphatic carbocycles. The van der Waals surface area contributed by atoms with Crippen molar-refractivity contribution in [3.05, 3.63) is 0 Å². The van der Waals surface area contributed by atoms with Crippen molar-refractivity contribution in [2.45, 2.75) is 59.2 Å². The summed E-state index contributed by atoms with van der Waals surface area (Å²) < 4.78 is 11.3. The Morgan fingerprint density at radius 3 is 2.09 bits per heavy atom. The number of aliphatic hydroxyl groups excluding tert-OH is 4. The zero-order chi connectivity index (χ0) is 16.5. The van der Waals surface area contributed by atoms with Crippen LogP contribution in [0, 0.1) is 11.8 Å². The topological polar surface area (TPSA) is 120 Å². The molecule has 0 radical (unpaired) electrons. The van der Waals surface area contributed by atoms with Gasteiger partial charge in [-0.25, -0.2) is 0 Å². The molecule has 1 rings (SSSR count). The van der Waals surface area contributed by atoms with Crippen molar-refractivity contribution in [1.82, 2.24) is 0 Å². The zero-order valence-electron chi connectivity index (χ0n) is 13.1. The van der Waals surface area contributed by atoms with E-state index in [1.54, 1.807) is 0 Å². The molecule has 7 nitrogen and oxygen atoms in total. The first-order valence-corrected chi connectivity index (χ1v) is 7.36. The maximum atomic E-state index is 9.31. The summed E-state index contributed by atoms with van der Waals surface area (Å²) in [6.07, 6.45) is -0.344. The van der Waals surface area contributed by atoms with Gasteiger partial charge in [-0.05, 0) is 19.3 Å². The van der Waals surface area contributed by atoms with Crippen molar-refractivity contribution in [2.24, 2.45) is 11.8 Å². The zero-order valence-corrected chi connectivity index (χ0v) is 13.1. The smallest absolute Gasteiger partial charge is 0.171 e. The van der Waals surface area contributed by atoms with Gasteiger partial charge in [-0.2, -0.15) is 0 Å². The Balaban J connectivity index is 0. The predicted molar refractivity (Wildman–Crippen MR) is 83.0 cm³/mol. The molecular formula is C15H34O7. The van der Waals surface area contributed by atoms with Crippen molar-refractivity contribution in [2.75, 3.05) is 26.4 Å². The summed E-state index contributed by atoms with van der Waals surface area (Å²) in [6, 6.07) is 0. The summed E-state index contributed by atoms with van der Waals surface area (Å²) in [7, 11) is 0. The Morgan fingerprint density at radius 1 is 1.18 bits per heavy atom. The minimum Gasteiger partial charge on any atom is -0.394 e. The van der Waals surface area contributed by atoms with E-state index in [1.807, 2.05) is 0 Å². The van der Waals surface area contributed by atoms with Gasteiger partial charge in [-0.1, -0.05) is 21.3 Å². The molecule has 22 heavy (non-hydrogen) atoms. The summed E-state index contributed by atoms with van der Waals surface area (Å²) in [4.78, 5) is 0. The van der Waals surface area contributed by atoms with Gasteiger partial charge in [-0.3, -0.25) is 0 Å². The fraction of sp³-hybridized carbons (Fsp3) is 1.00. The van der Waals surface area contributed by atoms with Gasteiger partial charge in [0.1, 0.15) is 12.4 Å². The standard InChI is InChI=1S/C12H24O5.C2H6O2.CH4/c1-3-11-9(2)6-12(11,16-5-4-13)17-8-10(15)7-14;1-2(3)4;/h9-11,13-15H,3-8H2,1-2H3;2-4H,1H3;1H4. The van der Waals surface area contributed by atoms with Crippen LogP contribution in [0.4, 0.5) is 0 Å². The van der Waals surface area contributed by atoms with Gasteiger partial charge in [0.25, 0.3) is 0 Å². The fourth-order valence-corrected chi connectivity index (χ4v) is 2.61. The molecule has 0 amide bonds. The molecule has 0 aromatic carbocycles. The van der Waals surface area contributed by atoms with E-state index in [9.17, 15) is 5.11 Å². The van der Waals surface area contributed by atoms with E-state index in [0.717, 1.165) is 12.8 Å². The van der Waals surface area contributed by atoms with Crippen LogP contribution >= 0.6 is 0 Å². The quantitative estimate of drug-likeness (QED) is 0.401. The van der Waals surface area contributed by atoms with Crippen LogP contribution in [-0.4, -0.2) is 70.1 Å². The van der Waals surface area contributed by atoms with Gasteiger partial charge >= 0.3 is 0 Å². The largest absolute Gasteiger partial charge is 0.394 e. The summed E-state index contributed by atoms with van der Waals surface area (Å²) in [5.74, 6) is 0.109. The van der Waals surface area contributed by atoms with Gasteiger partial charge in [0, 0.05) is 12.3 Å². The first-order valence-electron chi connectivity index (χ1n) is 7.36. The molecule has 1 aliphatic rings. The summed E-state index contributed by atoms with van der Waals surface area (Å²) >= 11 is 0. The second kappa shape index (κ2) is 12.2. The molecule has 0 aliphatic heterocycles. The van der Waals surface area contributed by atoms with Crippen molar-refractivity contribution in [3.8, 4) is 0 Å². The van der Waals surface area contributed by atoms with Crippen LogP contribution in [-0.2, 0) is 9.47 Å². The van der Waals surface area contributed by atoms with Crippen molar-refractivity contribution >= 4 is 0 Å². The highest BCUT2D eigenvalue weighted by Gasteiger charge is 2.53. The lowest BCUT2D eigenvalue weighted by molar-refractivity contribution is -0.337. The van der Waals surface area contributed by atoms with Crippen molar-refractivity contribution in [1.29, 1.82) is 0 Å². The van der Waals surface area contributed by atoms with Crippen LogP contribution in [0.1, 0.15) is 41.0 Å². The average molecular weight is 326 g/mol. The third-order valence-electron chi connectivity index (χ3n) is 3.47. The predicted octanol–water partition coefficient (Wildman–Crippen LogP) is 0.0805. The van der Waals surface area contributed by atoms with Crippen LogP contribution in [0.3, 0.4) is 0 Å². The molecule has 4 unspecified atom stereocenters. The minimum atomic E-state index is -1.17. The summed E-state index contributed by atoms with van der Waals surface area (Å²) in [6.45, 7) is 5.42. The van der Waals surface area contributed by atoms with Gasteiger partial charge < -0.3 is 35.0 Å². The van der Waals surface area contributed by atoms with Crippen molar-refractivity contribution < 1.29 is 35.0 Å². The highest BCUT2D eigenvalue weighted by atomic mass is 16.7. The van der Waals surface area contributed by atoms with Gasteiger partial charge in [0.2, 0.25) is 0 Å². The van der Waals surface area contributed by atoms with Crippen LogP contribution in [0.5, 0.6) is 0 Å². The Kier molecular flexibility index (Phi) is 13.3. The maximum absolute atomic E-state index is 9.31. The van der Waals surface area contributed by atoms with E-state index in [1.165, 1.54) is 6.92 Å². The average Bonchev–Trinajstić information content (AvgIpc) is 2.40. The van der Waals surface area contributed by atoms with E-state index >= 15 is 0 Å². The lowest BCUT2D eigenvalue weighted by Crippen LogP contribution is -2.57. The second-order valence-corrected chi connectivity index (χ2v) is 5.36. The molecule has 0 bridgehead atoms. The third kappa shape index (κ3) is 7.82. The molecule has 0 spiro atoms. The molecule has 0 saturated heterocycles. The molecule has 1 fully saturated rings. The molecule has 0 aromatic rings. The maximum Gasteiger partial charge on any atom is 0.171 e. The first-order chi connectivity index (χ1) is 9.82. The lowest BCUT2D eigenvalue weighted by atomic mass is 9.67. The highest BCUT2D eigenvalue weighted by Crippen LogP contribution is 2.49. The second-order valence-electron chi connectivity index (χ2n) is 5.36. The van der Waals surface area contributed by atoms with Crippen molar-refractivity contribution in [3.63, 3.8) is 0 Å². The van der Waals surface area contributed by atoms with E-state index < -0.39 is 18.2 Å².